The van der Waals surface area contributed by atoms with Crippen LogP contribution in [0.25, 0.3) is 11.5 Å². The molecule has 6 heteroatoms. The van der Waals surface area contributed by atoms with Crippen LogP contribution in [0.3, 0.4) is 0 Å². The van der Waals surface area contributed by atoms with E-state index in [1.54, 1.807) is 18.2 Å². The molecule has 0 aliphatic carbocycles. The lowest BCUT2D eigenvalue weighted by Gasteiger charge is -2.25. The van der Waals surface area contributed by atoms with Crippen LogP contribution in [0.4, 0.5) is 4.39 Å². The van der Waals surface area contributed by atoms with Crippen LogP contribution in [-0.2, 0) is 4.79 Å². The number of carbonyl (C=O) groups excluding carboxylic acids is 1. The van der Waals surface area contributed by atoms with Gasteiger partial charge in [-0.2, -0.15) is 4.98 Å². The number of hydrogen-bond acceptors (Lipinski definition) is 4. The number of halogens is 1. The van der Waals surface area contributed by atoms with Crippen molar-refractivity contribution in [3.63, 3.8) is 0 Å². The van der Waals surface area contributed by atoms with Gasteiger partial charge in [-0.1, -0.05) is 47.6 Å². The smallest absolute Gasteiger partial charge is 0.260 e. The third-order valence-corrected chi connectivity index (χ3v) is 4.82. The monoisotopic (exact) mass is 351 g/mol. The van der Waals surface area contributed by atoms with Crippen LogP contribution < -0.4 is 0 Å². The molecule has 1 amide bonds. The first-order valence-electron chi connectivity index (χ1n) is 8.56. The Labute approximate surface area is 150 Å². The second kappa shape index (κ2) is 6.71. The van der Waals surface area contributed by atoms with E-state index in [2.05, 4.69) is 10.1 Å². The largest absolute Gasteiger partial charge is 0.335 e. The van der Waals surface area contributed by atoms with E-state index >= 15 is 0 Å². The third kappa shape index (κ3) is 2.98. The zero-order chi connectivity index (χ0) is 18.1. The number of carbonyl (C=O) groups is 1. The van der Waals surface area contributed by atoms with E-state index in [-0.39, 0.29) is 29.3 Å². The van der Waals surface area contributed by atoms with Crippen LogP contribution in [0.5, 0.6) is 0 Å². The summed E-state index contributed by atoms with van der Waals surface area (Å²) in [5, 5.41) is 3.98. The molecule has 0 N–H and O–H groups in total. The van der Waals surface area contributed by atoms with Crippen molar-refractivity contribution in [1.82, 2.24) is 15.0 Å². The third-order valence-electron chi connectivity index (χ3n) is 4.82. The van der Waals surface area contributed by atoms with E-state index in [0.29, 0.717) is 18.8 Å². The maximum absolute atomic E-state index is 13.9. The van der Waals surface area contributed by atoms with Crippen LogP contribution in [0, 0.1) is 5.82 Å². The zero-order valence-corrected chi connectivity index (χ0v) is 14.3. The SMILES string of the molecule is CC(c1ccccc1)N1CC(c2noc(-c3ccccc3F)n2)CC1=O. The molecule has 1 aliphatic heterocycles. The fraction of sp³-hybridized carbons (Fsp3) is 0.250. The number of amides is 1. The molecule has 1 aromatic heterocycles. The van der Waals surface area contributed by atoms with Gasteiger partial charge in [-0.3, -0.25) is 4.79 Å². The Balaban J connectivity index is 1.54. The Morgan fingerprint density at radius 1 is 1.15 bits per heavy atom. The molecule has 2 unspecified atom stereocenters. The summed E-state index contributed by atoms with van der Waals surface area (Å²) >= 11 is 0. The van der Waals surface area contributed by atoms with Gasteiger partial charge in [0.25, 0.3) is 5.89 Å². The Bertz CT molecular complexity index is 926. The normalized spacial score (nSPS) is 18.3. The van der Waals surface area contributed by atoms with Crippen molar-refractivity contribution >= 4 is 5.91 Å². The summed E-state index contributed by atoms with van der Waals surface area (Å²) in [6, 6.07) is 16.1. The van der Waals surface area contributed by atoms with E-state index in [1.165, 1.54) is 6.07 Å². The van der Waals surface area contributed by atoms with Crippen molar-refractivity contribution in [3.8, 4) is 11.5 Å². The first-order valence-corrected chi connectivity index (χ1v) is 8.56. The molecule has 0 radical (unpaired) electrons. The summed E-state index contributed by atoms with van der Waals surface area (Å²) in [5.41, 5.74) is 1.35. The molecule has 0 spiro atoms. The Hall–Kier alpha value is -3.02. The first-order chi connectivity index (χ1) is 12.6. The van der Waals surface area contributed by atoms with E-state index < -0.39 is 5.82 Å². The highest BCUT2D eigenvalue weighted by Gasteiger charge is 2.36. The van der Waals surface area contributed by atoms with Crippen LogP contribution in [0.2, 0.25) is 0 Å². The Morgan fingerprint density at radius 3 is 2.65 bits per heavy atom. The van der Waals surface area contributed by atoms with Gasteiger partial charge in [-0.05, 0) is 24.6 Å². The maximum Gasteiger partial charge on any atom is 0.260 e. The number of nitrogens with zero attached hydrogens (tertiary/aromatic N) is 3. The molecule has 5 nitrogen and oxygen atoms in total. The summed E-state index contributed by atoms with van der Waals surface area (Å²) in [6.07, 6.45) is 0.327. The zero-order valence-electron chi connectivity index (χ0n) is 14.3. The van der Waals surface area contributed by atoms with Gasteiger partial charge < -0.3 is 9.42 Å². The molecule has 1 fully saturated rings. The van der Waals surface area contributed by atoms with Gasteiger partial charge in [0, 0.05) is 18.9 Å². The highest BCUT2D eigenvalue weighted by molar-refractivity contribution is 5.80. The minimum Gasteiger partial charge on any atom is -0.335 e. The van der Waals surface area contributed by atoms with Gasteiger partial charge in [0.05, 0.1) is 11.6 Å². The second-order valence-corrected chi connectivity index (χ2v) is 6.47. The van der Waals surface area contributed by atoms with Gasteiger partial charge in [-0.25, -0.2) is 4.39 Å². The maximum atomic E-state index is 13.9. The molecule has 1 aliphatic rings. The summed E-state index contributed by atoms with van der Waals surface area (Å²) in [6.45, 7) is 2.53. The lowest BCUT2D eigenvalue weighted by Crippen LogP contribution is -2.28. The van der Waals surface area contributed by atoms with E-state index in [4.69, 9.17) is 4.52 Å². The Kier molecular flexibility index (Phi) is 4.24. The van der Waals surface area contributed by atoms with Crippen LogP contribution in [0.1, 0.15) is 36.7 Å². The molecule has 26 heavy (non-hydrogen) atoms. The Morgan fingerprint density at radius 2 is 1.88 bits per heavy atom. The summed E-state index contributed by atoms with van der Waals surface area (Å²) in [4.78, 5) is 18.6. The topological polar surface area (TPSA) is 59.2 Å². The van der Waals surface area contributed by atoms with Crippen LogP contribution >= 0.6 is 0 Å². The molecule has 3 aromatic rings. The van der Waals surface area contributed by atoms with Crippen molar-refractivity contribution < 1.29 is 13.7 Å². The average Bonchev–Trinajstić information content (AvgIpc) is 3.29. The van der Waals surface area contributed by atoms with Crippen molar-refractivity contribution in [2.45, 2.75) is 25.3 Å². The van der Waals surface area contributed by atoms with Crippen molar-refractivity contribution in [2.24, 2.45) is 0 Å². The quantitative estimate of drug-likeness (QED) is 0.714. The number of rotatable bonds is 4. The predicted molar refractivity (Wildman–Crippen MR) is 93.6 cm³/mol. The van der Waals surface area contributed by atoms with Crippen LogP contribution in [-0.4, -0.2) is 27.5 Å². The molecule has 2 heterocycles. The van der Waals surface area contributed by atoms with E-state index in [1.807, 2.05) is 42.2 Å². The molecule has 132 valence electrons. The summed E-state index contributed by atoms with van der Waals surface area (Å²) in [5.74, 6) is 0.0746. The van der Waals surface area contributed by atoms with E-state index in [0.717, 1.165) is 5.56 Å². The van der Waals surface area contributed by atoms with Crippen molar-refractivity contribution in [2.75, 3.05) is 6.54 Å². The number of hydrogen-bond donors (Lipinski definition) is 0. The van der Waals surface area contributed by atoms with Crippen LogP contribution in [0.15, 0.2) is 59.1 Å². The molecule has 2 atom stereocenters. The fourth-order valence-corrected chi connectivity index (χ4v) is 3.34. The molecule has 2 aromatic carbocycles. The molecule has 1 saturated heterocycles. The summed E-state index contributed by atoms with van der Waals surface area (Å²) in [7, 11) is 0. The van der Waals surface area contributed by atoms with E-state index in [9.17, 15) is 9.18 Å². The van der Waals surface area contributed by atoms with Gasteiger partial charge >= 0.3 is 0 Å². The average molecular weight is 351 g/mol. The molecular weight excluding hydrogens is 333 g/mol. The minimum absolute atomic E-state index is 0.0216. The lowest BCUT2D eigenvalue weighted by atomic mass is 10.1. The van der Waals surface area contributed by atoms with Gasteiger partial charge in [0.1, 0.15) is 5.82 Å². The minimum atomic E-state index is -0.412. The van der Waals surface area contributed by atoms with Crippen molar-refractivity contribution in [1.29, 1.82) is 0 Å². The van der Waals surface area contributed by atoms with Gasteiger partial charge in [0.15, 0.2) is 5.82 Å². The first kappa shape index (κ1) is 16.4. The van der Waals surface area contributed by atoms with Crippen molar-refractivity contribution in [3.05, 3.63) is 71.8 Å². The fourth-order valence-electron chi connectivity index (χ4n) is 3.34. The highest BCUT2D eigenvalue weighted by atomic mass is 19.1. The van der Waals surface area contributed by atoms with Gasteiger partial charge in [0.2, 0.25) is 5.91 Å². The highest BCUT2D eigenvalue weighted by Crippen LogP contribution is 2.33. The molecule has 0 saturated carbocycles. The number of likely N-dealkylation sites (tertiary alicyclic amines) is 1. The molecule has 4 rings (SSSR count). The van der Waals surface area contributed by atoms with Gasteiger partial charge in [-0.15, -0.1) is 0 Å². The molecule has 0 bridgehead atoms. The standard InChI is InChI=1S/C20H18FN3O2/c1-13(14-7-3-2-4-8-14)24-12-15(11-18(24)25)19-22-20(26-23-19)16-9-5-6-10-17(16)21/h2-10,13,15H,11-12H2,1H3. The lowest BCUT2D eigenvalue weighted by molar-refractivity contribution is -0.129. The predicted octanol–water partition coefficient (Wildman–Crippen LogP) is 3.95. The number of aromatic nitrogens is 2. The number of benzene rings is 2. The summed E-state index contributed by atoms with van der Waals surface area (Å²) < 4.78 is 19.1. The second-order valence-electron chi connectivity index (χ2n) is 6.47. The molecular formula is C20H18FN3O2.